The Labute approximate surface area is 105 Å². The Morgan fingerprint density at radius 1 is 1.44 bits per heavy atom. The number of carbonyl (C=O) groups excluding carboxylic acids is 2. The molecule has 0 aromatic carbocycles. The molecule has 7 heteroatoms. The van der Waals surface area contributed by atoms with Crippen LogP contribution in [0.3, 0.4) is 0 Å². The number of nitrogens with one attached hydrogen (secondary N) is 1. The van der Waals surface area contributed by atoms with E-state index in [1.165, 1.54) is 18.9 Å². The topological polar surface area (TPSA) is 95.9 Å². The zero-order chi connectivity index (χ0) is 13.7. The standard InChI is InChI=1S/C11H18N2O5/c1-7(10(16)18-2)12-11(17)13(6-9(14)15)5-8-3-4-8/h7-8H,3-6H2,1-2H3,(H,12,17)(H,14,15). The van der Waals surface area contributed by atoms with E-state index in [-0.39, 0.29) is 6.54 Å². The third-order valence-electron chi connectivity index (χ3n) is 2.68. The van der Waals surface area contributed by atoms with Crippen molar-refractivity contribution < 1.29 is 24.2 Å². The number of methoxy groups -OCH3 is 1. The quantitative estimate of drug-likeness (QED) is 0.656. The maximum atomic E-state index is 11.8. The van der Waals surface area contributed by atoms with E-state index in [1.54, 1.807) is 0 Å². The summed E-state index contributed by atoms with van der Waals surface area (Å²) >= 11 is 0. The van der Waals surface area contributed by atoms with Gasteiger partial charge < -0.3 is 20.1 Å². The molecule has 0 aromatic heterocycles. The summed E-state index contributed by atoms with van der Waals surface area (Å²) in [5, 5.41) is 11.2. The molecule has 0 saturated heterocycles. The normalized spacial score (nSPS) is 15.7. The molecule has 1 saturated carbocycles. The molecule has 102 valence electrons. The monoisotopic (exact) mass is 258 g/mol. The fourth-order valence-electron chi connectivity index (χ4n) is 1.51. The van der Waals surface area contributed by atoms with Crippen molar-refractivity contribution in [2.45, 2.75) is 25.8 Å². The van der Waals surface area contributed by atoms with Crippen molar-refractivity contribution in [3.63, 3.8) is 0 Å². The number of ether oxygens (including phenoxy) is 1. The fraction of sp³-hybridized carbons (Fsp3) is 0.727. The summed E-state index contributed by atoms with van der Waals surface area (Å²) in [7, 11) is 1.23. The molecule has 0 bridgehead atoms. The second kappa shape index (κ2) is 6.23. The van der Waals surface area contributed by atoms with E-state index in [2.05, 4.69) is 10.1 Å². The van der Waals surface area contributed by atoms with Crippen LogP contribution in [0, 0.1) is 5.92 Å². The number of urea groups is 1. The minimum atomic E-state index is -1.07. The Balaban J connectivity index is 2.51. The number of esters is 1. The Morgan fingerprint density at radius 3 is 2.50 bits per heavy atom. The van der Waals surface area contributed by atoms with E-state index < -0.39 is 24.0 Å². The van der Waals surface area contributed by atoms with Crippen LogP contribution < -0.4 is 5.32 Å². The zero-order valence-electron chi connectivity index (χ0n) is 10.5. The Bertz CT molecular complexity index is 340. The third kappa shape index (κ3) is 4.60. The van der Waals surface area contributed by atoms with Crippen LogP contribution in [0.4, 0.5) is 4.79 Å². The first-order valence-corrected chi connectivity index (χ1v) is 5.79. The number of carboxylic acids is 1. The maximum Gasteiger partial charge on any atom is 0.328 e. The minimum Gasteiger partial charge on any atom is -0.480 e. The average molecular weight is 258 g/mol. The van der Waals surface area contributed by atoms with E-state index in [0.717, 1.165) is 12.8 Å². The van der Waals surface area contributed by atoms with Gasteiger partial charge in [-0.15, -0.1) is 0 Å². The van der Waals surface area contributed by atoms with Crippen molar-refractivity contribution in [1.82, 2.24) is 10.2 Å². The van der Waals surface area contributed by atoms with Gasteiger partial charge in [0.15, 0.2) is 0 Å². The number of amides is 2. The van der Waals surface area contributed by atoms with Crippen LogP contribution in [0.1, 0.15) is 19.8 Å². The Kier molecular flexibility index (Phi) is 4.94. The second-order valence-corrected chi connectivity index (χ2v) is 4.41. The van der Waals surface area contributed by atoms with Crippen molar-refractivity contribution in [3.8, 4) is 0 Å². The molecule has 2 N–H and O–H groups in total. The molecule has 0 spiro atoms. The predicted octanol–water partition coefficient (Wildman–Crippen LogP) is 0.0541. The maximum absolute atomic E-state index is 11.8. The lowest BCUT2D eigenvalue weighted by Gasteiger charge is -2.22. The van der Waals surface area contributed by atoms with E-state index >= 15 is 0 Å². The predicted molar refractivity (Wildman–Crippen MR) is 61.9 cm³/mol. The molecule has 7 nitrogen and oxygen atoms in total. The highest BCUT2D eigenvalue weighted by Gasteiger charge is 2.29. The lowest BCUT2D eigenvalue weighted by atomic mass is 10.3. The van der Waals surface area contributed by atoms with Crippen LogP contribution in [0.25, 0.3) is 0 Å². The summed E-state index contributed by atoms with van der Waals surface area (Å²) in [5.41, 5.74) is 0. The largest absolute Gasteiger partial charge is 0.480 e. The molecule has 18 heavy (non-hydrogen) atoms. The van der Waals surface area contributed by atoms with Gasteiger partial charge in [-0.3, -0.25) is 4.79 Å². The molecule has 0 aromatic rings. The first-order valence-electron chi connectivity index (χ1n) is 5.79. The first-order chi connectivity index (χ1) is 8.43. The number of hydrogen-bond donors (Lipinski definition) is 2. The highest BCUT2D eigenvalue weighted by Crippen LogP contribution is 2.29. The van der Waals surface area contributed by atoms with Gasteiger partial charge in [0.25, 0.3) is 0 Å². The number of carbonyl (C=O) groups is 3. The van der Waals surface area contributed by atoms with Crippen molar-refractivity contribution >= 4 is 18.0 Å². The average Bonchev–Trinajstić information content (AvgIpc) is 3.10. The van der Waals surface area contributed by atoms with E-state index in [0.29, 0.717) is 12.5 Å². The van der Waals surface area contributed by atoms with Gasteiger partial charge in [0, 0.05) is 6.54 Å². The van der Waals surface area contributed by atoms with Gasteiger partial charge in [0.1, 0.15) is 12.6 Å². The first kappa shape index (κ1) is 14.3. The fourth-order valence-corrected chi connectivity index (χ4v) is 1.51. The number of aliphatic carboxylic acids is 1. The number of hydrogen-bond acceptors (Lipinski definition) is 4. The van der Waals surface area contributed by atoms with Crippen molar-refractivity contribution in [2.24, 2.45) is 5.92 Å². The summed E-state index contributed by atoms with van der Waals surface area (Å²) in [4.78, 5) is 34.9. The summed E-state index contributed by atoms with van der Waals surface area (Å²) in [6, 6.07) is -1.35. The molecule has 0 aliphatic heterocycles. The van der Waals surface area contributed by atoms with Crippen LogP contribution in [-0.2, 0) is 14.3 Å². The van der Waals surface area contributed by atoms with Crippen LogP contribution in [-0.4, -0.2) is 54.2 Å². The molecule has 1 atom stereocenters. The SMILES string of the molecule is COC(=O)C(C)NC(=O)N(CC(=O)O)CC1CC1. The lowest BCUT2D eigenvalue weighted by molar-refractivity contribution is -0.142. The second-order valence-electron chi connectivity index (χ2n) is 4.41. The van der Waals surface area contributed by atoms with E-state index in [1.807, 2.05) is 0 Å². The van der Waals surface area contributed by atoms with E-state index in [9.17, 15) is 14.4 Å². The zero-order valence-corrected chi connectivity index (χ0v) is 10.5. The number of carboxylic acid groups (broad SMARTS) is 1. The van der Waals surface area contributed by atoms with E-state index in [4.69, 9.17) is 5.11 Å². The van der Waals surface area contributed by atoms with Gasteiger partial charge in [0.05, 0.1) is 7.11 Å². The van der Waals surface area contributed by atoms with Gasteiger partial charge in [-0.05, 0) is 25.7 Å². The molecule has 1 rings (SSSR count). The number of nitrogens with zero attached hydrogens (tertiary/aromatic N) is 1. The van der Waals surface area contributed by atoms with Crippen LogP contribution in [0.2, 0.25) is 0 Å². The molecule has 0 radical (unpaired) electrons. The summed E-state index contributed by atoms with van der Waals surface area (Å²) in [6.07, 6.45) is 2.02. The summed E-state index contributed by atoms with van der Waals surface area (Å²) in [5.74, 6) is -1.26. The van der Waals surface area contributed by atoms with Crippen molar-refractivity contribution in [1.29, 1.82) is 0 Å². The van der Waals surface area contributed by atoms with Crippen LogP contribution in [0.5, 0.6) is 0 Å². The van der Waals surface area contributed by atoms with Gasteiger partial charge in [-0.2, -0.15) is 0 Å². The lowest BCUT2D eigenvalue weighted by Crippen LogP contribution is -2.49. The molecule has 1 unspecified atom stereocenters. The Morgan fingerprint density at radius 2 is 2.06 bits per heavy atom. The molecule has 2 amide bonds. The smallest absolute Gasteiger partial charge is 0.328 e. The van der Waals surface area contributed by atoms with Crippen molar-refractivity contribution in [3.05, 3.63) is 0 Å². The third-order valence-corrected chi connectivity index (χ3v) is 2.68. The van der Waals surface area contributed by atoms with Gasteiger partial charge in [-0.1, -0.05) is 0 Å². The highest BCUT2D eigenvalue weighted by molar-refractivity contribution is 5.85. The van der Waals surface area contributed by atoms with Crippen LogP contribution in [0.15, 0.2) is 0 Å². The van der Waals surface area contributed by atoms with Gasteiger partial charge in [-0.25, -0.2) is 9.59 Å². The van der Waals surface area contributed by atoms with Crippen molar-refractivity contribution in [2.75, 3.05) is 20.2 Å². The molecule has 1 fully saturated rings. The number of rotatable bonds is 6. The highest BCUT2D eigenvalue weighted by atomic mass is 16.5. The molecular weight excluding hydrogens is 240 g/mol. The molecular formula is C11H18N2O5. The molecule has 0 heterocycles. The minimum absolute atomic E-state index is 0.365. The Hall–Kier alpha value is -1.79. The van der Waals surface area contributed by atoms with Gasteiger partial charge >= 0.3 is 18.0 Å². The molecule has 1 aliphatic rings. The summed E-state index contributed by atoms with van der Waals surface area (Å²) < 4.78 is 4.48. The van der Waals surface area contributed by atoms with Gasteiger partial charge in [0.2, 0.25) is 0 Å². The summed E-state index contributed by atoms with van der Waals surface area (Å²) in [6.45, 7) is 1.53. The van der Waals surface area contributed by atoms with Crippen LogP contribution >= 0.6 is 0 Å². The molecule has 1 aliphatic carbocycles.